The Balaban J connectivity index is 3.48. The van der Waals surface area contributed by atoms with Gasteiger partial charge in [-0.3, -0.25) is 9.59 Å². The van der Waals surface area contributed by atoms with Gasteiger partial charge in [-0.15, -0.1) is 0 Å². The quantitative estimate of drug-likeness (QED) is 0.0450. The van der Waals surface area contributed by atoms with Gasteiger partial charge in [0.05, 0.1) is 0 Å². The Hall–Kier alpha value is -1.88. The van der Waals surface area contributed by atoms with Gasteiger partial charge in [0.15, 0.2) is 0 Å². The molecule has 0 rings (SSSR count). The van der Waals surface area contributed by atoms with E-state index < -0.39 is 6.10 Å². The number of esters is 2. The topological polar surface area (TPSA) is 72.8 Å². The van der Waals surface area contributed by atoms with Crippen LogP contribution in [-0.4, -0.2) is 36.4 Å². The molecule has 0 spiro atoms. The fourth-order valence-corrected chi connectivity index (χ4v) is 4.99. The monoisotopic (exact) mass is 619 g/mol. The Morgan fingerprint density at radius 3 is 1.23 bits per heavy atom. The van der Waals surface area contributed by atoms with Crippen LogP contribution in [0.4, 0.5) is 0 Å². The maximum absolute atomic E-state index is 11.9. The summed E-state index contributed by atoms with van der Waals surface area (Å²) in [5.41, 5.74) is 0. The van der Waals surface area contributed by atoms with Gasteiger partial charge >= 0.3 is 11.9 Å². The average molecular weight is 619 g/mol. The fraction of sp³-hybridized carbons (Fsp3) is 0.795. The smallest absolute Gasteiger partial charge is 0.305 e. The molecule has 44 heavy (non-hydrogen) atoms. The van der Waals surface area contributed by atoms with E-state index in [1.54, 1.807) is 0 Å². The van der Waals surface area contributed by atoms with Crippen molar-refractivity contribution in [3.8, 4) is 0 Å². The molecule has 0 saturated carbocycles. The number of hydrogen-bond acceptors (Lipinski definition) is 5. The summed E-state index contributed by atoms with van der Waals surface area (Å²) >= 11 is 0. The van der Waals surface area contributed by atoms with Crippen molar-refractivity contribution < 1.29 is 24.2 Å². The first-order valence-corrected chi connectivity index (χ1v) is 18.5. The highest BCUT2D eigenvalue weighted by Gasteiger charge is 2.12. The number of aliphatic hydroxyl groups is 1. The third-order valence-electron chi connectivity index (χ3n) is 7.85. The Morgan fingerprint density at radius 2 is 0.795 bits per heavy atom. The van der Waals surface area contributed by atoms with Crippen LogP contribution in [0.1, 0.15) is 181 Å². The molecule has 0 aromatic rings. The lowest BCUT2D eigenvalue weighted by atomic mass is 10.1. The molecule has 0 fully saturated rings. The van der Waals surface area contributed by atoms with Crippen LogP contribution in [-0.2, 0) is 19.1 Å². The van der Waals surface area contributed by atoms with Crippen molar-refractivity contribution in [2.45, 2.75) is 187 Å². The first-order chi connectivity index (χ1) is 21.6. The third kappa shape index (κ3) is 34.6. The number of ether oxygens (including phenoxy) is 2. The van der Waals surface area contributed by atoms with Crippen molar-refractivity contribution in [3.63, 3.8) is 0 Å². The van der Waals surface area contributed by atoms with Gasteiger partial charge in [0.2, 0.25) is 0 Å². The summed E-state index contributed by atoms with van der Waals surface area (Å²) < 4.78 is 10.3. The van der Waals surface area contributed by atoms with Gasteiger partial charge < -0.3 is 14.6 Å². The van der Waals surface area contributed by atoms with Crippen LogP contribution in [0.5, 0.6) is 0 Å². The summed E-state index contributed by atoms with van der Waals surface area (Å²) in [7, 11) is 0. The lowest BCUT2D eigenvalue weighted by molar-refractivity contribution is -0.152. The molecule has 0 heterocycles. The minimum absolute atomic E-state index is 0.124. The predicted octanol–water partition coefficient (Wildman–Crippen LogP) is 11.3. The molecule has 0 radical (unpaired) electrons. The molecule has 0 aliphatic carbocycles. The number of hydrogen-bond donors (Lipinski definition) is 1. The van der Waals surface area contributed by atoms with E-state index in [-0.39, 0.29) is 25.2 Å². The van der Waals surface area contributed by atoms with E-state index in [0.29, 0.717) is 12.8 Å². The average Bonchev–Trinajstić information content (AvgIpc) is 3.02. The number of unbranched alkanes of at least 4 members (excludes halogenated alkanes) is 19. The van der Waals surface area contributed by atoms with Crippen molar-refractivity contribution in [1.29, 1.82) is 0 Å². The Bertz CT molecular complexity index is 711. The Morgan fingerprint density at radius 1 is 0.477 bits per heavy atom. The molecule has 1 N–H and O–H groups in total. The summed E-state index contributed by atoms with van der Waals surface area (Å²) in [4.78, 5) is 23.9. The third-order valence-corrected chi connectivity index (χ3v) is 7.85. The summed E-state index contributed by atoms with van der Waals surface area (Å²) in [6, 6.07) is 0. The SMILES string of the molecule is CCCCC/C=C/C/C=C/CCCCCCCC(=O)OCC(O)COC(=O)CCCCCCC/C=C\CCCCCCCC. The van der Waals surface area contributed by atoms with Gasteiger partial charge in [-0.2, -0.15) is 0 Å². The molecule has 0 aromatic carbocycles. The maximum Gasteiger partial charge on any atom is 0.305 e. The summed E-state index contributed by atoms with van der Waals surface area (Å²) in [5, 5.41) is 9.99. The van der Waals surface area contributed by atoms with Crippen molar-refractivity contribution in [3.05, 3.63) is 36.5 Å². The Kier molecular flexibility index (Phi) is 34.1. The second-order valence-corrected chi connectivity index (χ2v) is 12.3. The van der Waals surface area contributed by atoms with Crippen LogP contribution in [0.15, 0.2) is 36.5 Å². The molecule has 0 amide bonds. The van der Waals surface area contributed by atoms with Crippen molar-refractivity contribution >= 4 is 11.9 Å². The van der Waals surface area contributed by atoms with Crippen LogP contribution in [0.25, 0.3) is 0 Å². The van der Waals surface area contributed by atoms with Gasteiger partial charge in [0.1, 0.15) is 19.3 Å². The molecule has 5 heteroatoms. The van der Waals surface area contributed by atoms with E-state index in [1.165, 1.54) is 96.3 Å². The van der Waals surface area contributed by atoms with Gasteiger partial charge in [0, 0.05) is 12.8 Å². The van der Waals surface area contributed by atoms with E-state index in [0.717, 1.165) is 57.8 Å². The zero-order valence-electron chi connectivity index (χ0n) is 28.9. The second kappa shape index (κ2) is 35.6. The predicted molar refractivity (Wildman–Crippen MR) is 187 cm³/mol. The minimum Gasteiger partial charge on any atom is -0.463 e. The molecule has 0 saturated heterocycles. The summed E-state index contributed by atoms with van der Waals surface area (Å²) in [6.45, 7) is 4.24. The lowest BCUT2D eigenvalue weighted by Gasteiger charge is -2.12. The van der Waals surface area contributed by atoms with Crippen LogP contribution >= 0.6 is 0 Å². The van der Waals surface area contributed by atoms with Crippen LogP contribution in [0.3, 0.4) is 0 Å². The van der Waals surface area contributed by atoms with Crippen molar-refractivity contribution in [2.75, 3.05) is 13.2 Å². The summed E-state index contributed by atoms with van der Waals surface area (Å²) in [6.07, 6.45) is 41.9. The van der Waals surface area contributed by atoms with Crippen LogP contribution < -0.4 is 0 Å². The van der Waals surface area contributed by atoms with E-state index >= 15 is 0 Å². The fourth-order valence-electron chi connectivity index (χ4n) is 4.99. The first-order valence-electron chi connectivity index (χ1n) is 18.5. The van der Waals surface area contributed by atoms with E-state index in [4.69, 9.17) is 9.47 Å². The highest BCUT2D eigenvalue weighted by Crippen LogP contribution is 2.11. The highest BCUT2D eigenvalue weighted by molar-refractivity contribution is 5.69. The largest absolute Gasteiger partial charge is 0.463 e. The zero-order chi connectivity index (χ0) is 32.2. The molecule has 256 valence electrons. The lowest BCUT2D eigenvalue weighted by Crippen LogP contribution is -2.25. The normalized spacial score (nSPS) is 12.5. The molecule has 0 aliphatic rings. The molecule has 1 atom stereocenters. The van der Waals surface area contributed by atoms with Crippen LogP contribution in [0, 0.1) is 0 Å². The summed E-state index contributed by atoms with van der Waals surface area (Å²) in [5.74, 6) is -0.590. The van der Waals surface area contributed by atoms with Gasteiger partial charge in [0.25, 0.3) is 0 Å². The number of carbonyl (C=O) groups excluding carboxylic acids is 2. The number of aliphatic hydroxyl groups excluding tert-OH is 1. The van der Waals surface area contributed by atoms with Crippen LogP contribution in [0.2, 0.25) is 0 Å². The standard InChI is InChI=1S/C39H70O5/c1-3-5-7-9-11-13-15-17-19-21-23-25-27-29-31-33-38(41)43-35-37(40)36-44-39(42)34-32-30-28-26-24-22-20-18-16-14-12-10-8-6-4-2/h11,13,17-20,37,40H,3-10,12,14-16,21-36H2,1-2H3/b13-11+,19-17+,20-18-. The molecule has 0 aliphatic heterocycles. The number of rotatable bonds is 33. The number of allylic oxidation sites excluding steroid dienone is 6. The molecular formula is C39H70O5. The molecule has 0 aromatic heterocycles. The van der Waals surface area contributed by atoms with E-state index in [9.17, 15) is 14.7 Å². The highest BCUT2D eigenvalue weighted by atomic mass is 16.6. The molecule has 1 unspecified atom stereocenters. The number of carbonyl (C=O) groups is 2. The van der Waals surface area contributed by atoms with Gasteiger partial charge in [-0.25, -0.2) is 0 Å². The molecule has 5 nitrogen and oxygen atoms in total. The van der Waals surface area contributed by atoms with E-state index in [1.807, 2.05) is 0 Å². The Labute approximate surface area is 272 Å². The van der Waals surface area contributed by atoms with Crippen molar-refractivity contribution in [1.82, 2.24) is 0 Å². The first kappa shape index (κ1) is 42.1. The van der Waals surface area contributed by atoms with Gasteiger partial charge in [-0.1, -0.05) is 134 Å². The molecular weight excluding hydrogens is 548 g/mol. The second-order valence-electron chi connectivity index (χ2n) is 12.3. The maximum atomic E-state index is 11.9. The van der Waals surface area contributed by atoms with E-state index in [2.05, 4.69) is 50.3 Å². The molecule has 0 bridgehead atoms. The van der Waals surface area contributed by atoms with Gasteiger partial charge in [-0.05, 0) is 70.6 Å². The van der Waals surface area contributed by atoms with Crippen molar-refractivity contribution in [2.24, 2.45) is 0 Å². The zero-order valence-corrected chi connectivity index (χ0v) is 28.9. The minimum atomic E-state index is -0.971.